The zero-order valence-corrected chi connectivity index (χ0v) is 22.7. The maximum absolute atomic E-state index is 15.6. The number of carbonyl (C=O) groups excluding carboxylic acids is 4. The number of allylic oxidation sites excluding steroid dienone is 4. The van der Waals surface area contributed by atoms with E-state index in [1.807, 2.05) is 20.8 Å². The largest absolute Gasteiger partial charge is 0.509 e. The van der Waals surface area contributed by atoms with Crippen molar-refractivity contribution in [1.29, 1.82) is 0 Å². The first-order chi connectivity index (χ1) is 17.9. The number of ketones is 2. The van der Waals surface area contributed by atoms with E-state index < -0.39 is 53.2 Å². The van der Waals surface area contributed by atoms with E-state index in [0.29, 0.717) is 18.4 Å². The monoisotopic (exact) mass is 534 g/mol. The molecule has 0 aromatic heterocycles. The van der Waals surface area contributed by atoms with Crippen molar-refractivity contribution in [1.82, 2.24) is 0 Å². The molecule has 0 aliphatic heterocycles. The van der Waals surface area contributed by atoms with Gasteiger partial charge in [0.2, 0.25) is 5.78 Å². The molecule has 0 aromatic carbocycles. The SMILES string of the molecule is CCCCOC(=O)O[C@]1(C(=O)COC(=O)CC)CC[C@H]2[C@@H]3C[C@H](F)C4=CC(=O)C=C[C@]4(C)[C@H]3C(O)C[C@@]21C. The Bertz CT molecular complexity index is 1050. The van der Waals surface area contributed by atoms with Gasteiger partial charge in [0, 0.05) is 23.2 Å². The van der Waals surface area contributed by atoms with Crippen molar-refractivity contribution in [2.24, 2.45) is 28.6 Å². The van der Waals surface area contributed by atoms with Crippen LogP contribution in [0.3, 0.4) is 0 Å². The van der Waals surface area contributed by atoms with Crippen molar-refractivity contribution < 1.29 is 42.9 Å². The fourth-order valence-electron chi connectivity index (χ4n) is 7.84. The van der Waals surface area contributed by atoms with Crippen LogP contribution in [0.2, 0.25) is 0 Å². The lowest BCUT2D eigenvalue weighted by Gasteiger charge is -2.60. The number of fused-ring (bicyclic) bond motifs is 5. The normalized spacial score (nSPS) is 39.4. The molecule has 8 nitrogen and oxygen atoms in total. The average Bonchev–Trinajstić information content (AvgIpc) is 3.15. The van der Waals surface area contributed by atoms with Gasteiger partial charge in [0.25, 0.3) is 0 Å². The summed E-state index contributed by atoms with van der Waals surface area (Å²) in [5.74, 6) is -2.34. The Morgan fingerprint density at radius 1 is 1.18 bits per heavy atom. The molecule has 0 spiro atoms. The van der Waals surface area contributed by atoms with Crippen molar-refractivity contribution in [2.45, 2.75) is 90.5 Å². The summed E-state index contributed by atoms with van der Waals surface area (Å²) in [6, 6.07) is 0. The first kappa shape index (κ1) is 28.5. The Hall–Kier alpha value is -2.55. The fraction of sp³-hybridized carbons (Fsp3) is 0.724. The highest BCUT2D eigenvalue weighted by Gasteiger charge is 2.71. The van der Waals surface area contributed by atoms with Crippen molar-refractivity contribution in [3.05, 3.63) is 23.8 Å². The molecule has 4 aliphatic rings. The highest BCUT2D eigenvalue weighted by atomic mass is 19.1. The Balaban J connectivity index is 1.70. The Morgan fingerprint density at radius 2 is 1.92 bits per heavy atom. The van der Waals surface area contributed by atoms with Crippen LogP contribution < -0.4 is 0 Å². The van der Waals surface area contributed by atoms with Gasteiger partial charge in [-0.1, -0.05) is 40.2 Å². The summed E-state index contributed by atoms with van der Waals surface area (Å²) < 4.78 is 31.9. The maximum Gasteiger partial charge on any atom is 0.509 e. The van der Waals surface area contributed by atoms with Gasteiger partial charge in [-0.2, -0.15) is 0 Å². The van der Waals surface area contributed by atoms with E-state index >= 15 is 4.39 Å². The number of hydrogen-bond donors (Lipinski definition) is 1. The average molecular weight is 535 g/mol. The number of hydrogen-bond acceptors (Lipinski definition) is 8. The van der Waals surface area contributed by atoms with Gasteiger partial charge in [0.15, 0.2) is 18.0 Å². The number of alkyl halides is 1. The number of aliphatic hydroxyl groups is 1. The van der Waals surface area contributed by atoms with Crippen LogP contribution in [0.4, 0.5) is 9.18 Å². The second-order valence-electron chi connectivity index (χ2n) is 11.7. The molecule has 3 fully saturated rings. The van der Waals surface area contributed by atoms with Crippen LogP contribution in [0, 0.1) is 28.6 Å². The van der Waals surface area contributed by atoms with Gasteiger partial charge in [0.1, 0.15) is 6.17 Å². The summed E-state index contributed by atoms with van der Waals surface area (Å²) >= 11 is 0. The van der Waals surface area contributed by atoms with Crippen molar-refractivity contribution in [2.75, 3.05) is 13.2 Å². The number of ether oxygens (including phenoxy) is 3. The maximum atomic E-state index is 15.6. The Kier molecular flexibility index (Phi) is 7.90. The van der Waals surface area contributed by atoms with Gasteiger partial charge < -0.3 is 19.3 Å². The van der Waals surface area contributed by atoms with E-state index in [-0.39, 0.29) is 55.8 Å². The van der Waals surface area contributed by atoms with Gasteiger partial charge in [-0.15, -0.1) is 0 Å². The lowest BCUT2D eigenvalue weighted by atomic mass is 9.46. The van der Waals surface area contributed by atoms with Crippen LogP contribution in [0.1, 0.15) is 72.6 Å². The highest BCUT2D eigenvalue weighted by molar-refractivity contribution is 6.01. The summed E-state index contributed by atoms with van der Waals surface area (Å²) in [7, 11) is 0. The third-order valence-electron chi connectivity index (χ3n) is 9.68. The van der Waals surface area contributed by atoms with Crippen molar-refractivity contribution in [3.8, 4) is 0 Å². The highest BCUT2D eigenvalue weighted by Crippen LogP contribution is 2.68. The van der Waals surface area contributed by atoms with Gasteiger partial charge in [-0.3, -0.25) is 14.4 Å². The van der Waals surface area contributed by atoms with Gasteiger partial charge in [-0.25, -0.2) is 9.18 Å². The number of rotatable bonds is 8. The second kappa shape index (κ2) is 10.5. The summed E-state index contributed by atoms with van der Waals surface area (Å²) in [6.07, 6.45) is 3.54. The molecule has 8 atom stereocenters. The molecule has 0 heterocycles. The standard InChI is InChI=1S/C29H39FO8/c1-5-7-12-36-26(35)38-29(23(33)16-37-24(34)6-2)11-9-19-18-14-21(30)20-13-17(31)8-10-27(20,3)25(18)22(32)15-28(19,29)4/h8,10,13,18-19,21-22,25,32H,5-7,9,11-12,14-16H2,1-4H3/t18-,19-,21-,22?,25+,27-,28-,29-/m0/s1. The third-order valence-corrected chi connectivity index (χ3v) is 9.68. The summed E-state index contributed by atoms with van der Waals surface area (Å²) in [5, 5.41) is 11.6. The number of unbranched alkanes of at least 4 members (excludes halogenated alkanes) is 1. The minimum atomic E-state index is -1.69. The van der Waals surface area contributed by atoms with Crippen LogP contribution in [0.15, 0.2) is 23.8 Å². The fourth-order valence-corrected chi connectivity index (χ4v) is 7.84. The quantitative estimate of drug-likeness (QED) is 0.359. The Morgan fingerprint density at radius 3 is 2.61 bits per heavy atom. The molecule has 0 bridgehead atoms. The molecule has 4 rings (SSSR count). The predicted molar refractivity (Wildman–Crippen MR) is 135 cm³/mol. The number of Topliss-reactive ketones (excluding diaryl/α,β-unsaturated/α-hetero) is 1. The van der Waals surface area contributed by atoms with Gasteiger partial charge in [-0.05, 0) is 61.7 Å². The van der Waals surface area contributed by atoms with E-state index in [9.17, 15) is 24.3 Å². The predicted octanol–water partition coefficient (Wildman–Crippen LogP) is 4.43. The molecule has 0 saturated heterocycles. The third kappa shape index (κ3) is 4.50. The molecule has 0 amide bonds. The molecule has 0 aromatic rings. The molecule has 1 unspecified atom stereocenters. The zero-order chi connectivity index (χ0) is 27.9. The van der Waals surface area contributed by atoms with E-state index in [4.69, 9.17) is 14.2 Å². The summed E-state index contributed by atoms with van der Waals surface area (Å²) in [5.41, 5.74) is -3.19. The first-order valence-corrected chi connectivity index (χ1v) is 13.8. The molecule has 4 aliphatic carbocycles. The van der Waals surface area contributed by atoms with Crippen LogP contribution in [0.5, 0.6) is 0 Å². The lowest BCUT2D eigenvalue weighted by Crippen LogP contribution is -2.64. The molecule has 38 heavy (non-hydrogen) atoms. The molecule has 1 N–H and O–H groups in total. The van der Waals surface area contributed by atoms with Crippen LogP contribution in [-0.2, 0) is 28.6 Å². The number of aliphatic hydroxyl groups excluding tert-OH is 1. The molecule has 0 radical (unpaired) electrons. The zero-order valence-electron chi connectivity index (χ0n) is 22.7. The Labute approximate surface area is 223 Å². The van der Waals surface area contributed by atoms with Crippen molar-refractivity contribution >= 4 is 23.7 Å². The number of carbonyl (C=O) groups is 4. The van der Waals surface area contributed by atoms with Gasteiger partial charge in [0.05, 0.1) is 12.7 Å². The molecular formula is C29H39FO8. The van der Waals surface area contributed by atoms with E-state index in [0.717, 1.165) is 6.42 Å². The van der Waals surface area contributed by atoms with Gasteiger partial charge >= 0.3 is 12.1 Å². The number of halogens is 1. The molecule has 9 heteroatoms. The van der Waals surface area contributed by atoms with E-state index in [1.54, 1.807) is 13.0 Å². The van der Waals surface area contributed by atoms with E-state index in [1.165, 1.54) is 12.2 Å². The minimum Gasteiger partial charge on any atom is -0.457 e. The summed E-state index contributed by atoms with van der Waals surface area (Å²) in [4.78, 5) is 50.4. The molecule has 210 valence electrons. The van der Waals surface area contributed by atoms with Crippen LogP contribution >= 0.6 is 0 Å². The minimum absolute atomic E-state index is 0.0882. The first-order valence-electron chi connectivity index (χ1n) is 13.8. The molecular weight excluding hydrogens is 495 g/mol. The van der Waals surface area contributed by atoms with Crippen LogP contribution in [0.25, 0.3) is 0 Å². The van der Waals surface area contributed by atoms with E-state index in [2.05, 4.69) is 0 Å². The summed E-state index contributed by atoms with van der Waals surface area (Å²) in [6.45, 7) is 6.80. The smallest absolute Gasteiger partial charge is 0.457 e. The topological polar surface area (TPSA) is 116 Å². The van der Waals surface area contributed by atoms with Crippen LogP contribution in [-0.4, -0.2) is 59.9 Å². The van der Waals surface area contributed by atoms with Crippen molar-refractivity contribution in [3.63, 3.8) is 0 Å². The second-order valence-corrected chi connectivity index (χ2v) is 11.7. The lowest BCUT2D eigenvalue weighted by molar-refractivity contribution is -0.187. The molecule has 3 saturated carbocycles. The number of esters is 1.